The summed E-state index contributed by atoms with van der Waals surface area (Å²) in [7, 11) is 0. The first-order valence-corrected chi connectivity index (χ1v) is 10.8. The van der Waals surface area contributed by atoms with E-state index in [0.29, 0.717) is 18.5 Å². The highest BCUT2D eigenvalue weighted by Crippen LogP contribution is 2.59. The number of hydrogen-bond acceptors (Lipinski definition) is 5. The molecule has 2 aromatic rings. The van der Waals surface area contributed by atoms with Crippen LogP contribution < -0.4 is 16.2 Å². The van der Waals surface area contributed by atoms with Crippen LogP contribution in [-0.4, -0.2) is 37.0 Å². The van der Waals surface area contributed by atoms with Gasteiger partial charge in [-0.3, -0.25) is 10.2 Å². The van der Waals surface area contributed by atoms with Crippen molar-refractivity contribution in [3.63, 3.8) is 0 Å². The normalized spacial score (nSPS) is 28.5. The van der Waals surface area contributed by atoms with Crippen LogP contribution in [0.5, 0.6) is 0 Å². The minimum Gasteiger partial charge on any atom is -0.467 e. The highest BCUT2D eigenvalue weighted by atomic mass is 16.3. The summed E-state index contributed by atoms with van der Waals surface area (Å²) in [4.78, 5) is 15.1. The zero-order chi connectivity index (χ0) is 19.7. The Morgan fingerprint density at radius 3 is 2.76 bits per heavy atom. The Bertz CT molecular complexity index is 815. The lowest BCUT2D eigenvalue weighted by atomic mass is 9.88. The molecular weight excluding hydrogens is 364 g/mol. The van der Waals surface area contributed by atoms with E-state index < -0.39 is 0 Å². The summed E-state index contributed by atoms with van der Waals surface area (Å²) in [5.74, 6) is 1.77. The average molecular weight is 395 g/mol. The van der Waals surface area contributed by atoms with Gasteiger partial charge in [0.25, 0.3) is 0 Å². The van der Waals surface area contributed by atoms with Crippen LogP contribution >= 0.6 is 0 Å². The van der Waals surface area contributed by atoms with E-state index in [0.717, 1.165) is 51.2 Å². The molecule has 29 heavy (non-hydrogen) atoms. The highest BCUT2D eigenvalue weighted by molar-refractivity contribution is 5.82. The molecule has 6 heteroatoms. The second kappa shape index (κ2) is 7.94. The van der Waals surface area contributed by atoms with Crippen LogP contribution in [0.15, 0.2) is 53.1 Å². The Morgan fingerprint density at radius 2 is 2.00 bits per heavy atom. The lowest BCUT2D eigenvalue weighted by Gasteiger charge is -2.35. The number of rotatable bonds is 6. The summed E-state index contributed by atoms with van der Waals surface area (Å²) in [6.07, 6.45) is 4.96. The van der Waals surface area contributed by atoms with Crippen molar-refractivity contribution in [3.8, 4) is 0 Å². The molecule has 6 nitrogen and oxygen atoms in total. The molecule has 0 bridgehead atoms. The molecule has 1 aliphatic carbocycles. The molecule has 1 aromatic carbocycles. The molecule has 2 aliphatic heterocycles. The fourth-order valence-electron chi connectivity index (χ4n) is 5.22. The van der Waals surface area contributed by atoms with Gasteiger partial charge in [-0.2, -0.15) is 0 Å². The maximum Gasteiger partial charge on any atom is 0.224 e. The number of carbonyl (C=O) groups is 1. The first-order chi connectivity index (χ1) is 14.2. The summed E-state index contributed by atoms with van der Waals surface area (Å²) in [5.41, 5.74) is 8.40. The third-order valence-electron chi connectivity index (χ3n) is 7.12. The van der Waals surface area contributed by atoms with Gasteiger partial charge in [0.1, 0.15) is 5.76 Å². The quantitative estimate of drug-likeness (QED) is 0.702. The molecule has 3 aliphatic rings. The Labute approximate surface area is 172 Å². The summed E-state index contributed by atoms with van der Waals surface area (Å²) >= 11 is 0. The molecular formula is C23H30N4O2. The van der Waals surface area contributed by atoms with Crippen LogP contribution in [0.3, 0.4) is 0 Å². The topological polar surface area (TPSA) is 69.5 Å². The van der Waals surface area contributed by atoms with Gasteiger partial charge in [0.2, 0.25) is 5.91 Å². The van der Waals surface area contributed by atoms with Crippen LogP contribution in [0, 0.1) is 17.3 Å². The molecule has 1 aromatic heterocycles. The van der Waals surface area contributed by atoms with E-state index in [9.17, 15) is 4.79 Å². The van der Waals surface area contributed by atoms with Gasteiger partial charge in [-0.25, -0.2) is 5.43 Å². The number of nitrogens with one attached hydrogen (secondary N) is 3. The van der Waals surface area contributed by atoms with E-state index in [-0.39, 0.29) is 17.2 Å². The van der Waals surface area contributed by atoms with Crippen LogP contribution in [0.2, 0.25) is 0 Å². The average Bonchev–Trinajstić information content (AvgIpc) is 3.12. The molecule has 5 rings (SSSR count). The van der Waals surface area contributed by atoms with Gasteiger partial charge in [-0.15, -0.1) is 0 Å². The SMILES string of the molecule is O=C(NCc1ccco1)C1CC12CCN(CC1CNNC1c1ccccc1)CC2. The molecule has 2 saturated heterocycles. The number of nitrogens with zero attached hydrogens (tertiary/aromatic N) is 1. The van der Waals surface area contributed by atoms with Crippen molar-refractivity contribution in [2.45, 2.75) is 31.8 Å². The smallest absolute Gasteiger partial charge is 0.224 e. The summed E-state index contributed by atoms with van der Waals surface area (Å²) in [5, 5.41) is 3.05. The van der Waals surface area contributed by atoms with Gasteiger partial charge in [-0.1, -0.05) is 30.3 Å². The summed E-state index contributed by atoms with van der Waals surface area (Å²) < 4.78 is 5.31. The predicted molar refractivity (Wildman–Crippen MR) is 111 cm³/mol. The fraction of sp³-hybridized carbons (Fsp3) is 0.522. The summed E-state index contributed by atoms with van der Waals surface area (Å²) in [6, 6.07) is 14.8. The van der Waals surface area contributed by atoms with Gasteiger partial charge in [0.15, 0.2) is 0 Å². The lowest BCUT2D eigenvalue weighted by Crippen LogP contribution is -2.40. The molecule has 3 fully saturated rings. The molecule has 1 saturated carbocycles. The minimum absolute atomic E-state index is 0.187. The number of amides is 1. The zero-order valence-electron chi connectivity index (χ0n) is 16.8. The van der Waals surface area contributed by atoms with E-state index >= 15 is 0 Å². The molecule has 3 unspecified atom stereocenters. The molecule has 3 heterocycles. The number of piperidine rings is 1. The Morgan fingerprint density at radius 1 is 1.17 bits per heavy atom. The molecule has 154 valence electrons. The fourth-order valence-corrected chi connectivity index (χ4v) is 5.22. The van der Waals surface area contributed by atoms with E-state index in [1.807, 2.05) is 12.1 Å². The second-order valence-electron chi connectivity index (χ2n) is 8.89. The zero-order valence-corrected chi connectivity index (χ0v) is 16.8. The Hall–Kier alpha value is -2.15. The van der Waals surface area contributed by atoms with Crippen molar-refractivity contribution in [2.75, 3.05) is 26.2 Å². The molecule has 3 atom stereocenters. The van der Waals surface area contributed by atoms with Crippen LogP contribution in [0.4, 0.5) is 0 Å². The predicted octanol–water partition coefficient (Wildman–Crippen LogP) is 2.46. The van der Waals surface area contributed by atoms with Crippen molar-refractivity contribution in [2.24, 2.45) is 17.3 Å². The molecule has 3 N–H and O–H groups in total. The Kier molecular flexibility index (Phi) is 5.16. The first kappa shape index (κ1) is 18.9. The number of likely N-dealkylation sites (tertiary alicyclic amines) is 1. The van der Waals surface area contributed by atoms with Crippen molar-refractivity contribution in [1.82, 2.24) is 21.1 Å². The van der Waals surface area contributed by atoms with Gasteiger partial charge < -0.3 is 14.6 Å². The highest BCUT2D eigenvalue weighted by Gasteiger charge is 2.58. The van der Waals surface area contributed by atoms with Gasteiger partial charge in [-0.05, 0) is 55.5 Å². The largest absolute Gasteiger partial charge is 0.467 e. The van der Waals surface area contributed by atoms with E-state index in [1.165, 1.54) is 5.56 Å². The van der Waals surface area contributed by atoms with Gasteiger partial charge in [0, 0.05) is 24.9 Å². The van der Waals surface area contributed by atoms with Crippen molar-refractivity contribution in [1.29, 1.82) is 0 Å². The van der Waals surface area contributed by atoms with Crippen molar-refractivity contribution in [3.05, 3.63) is 60.1 Å². The number of benzene rings is 1. The molecule has 1 amide bonds. The van der Waals surface area contributed by atoms with Crippen molar-refractivity contribution >= 4 is 5.91 Å². The maximum atomic E-state index is 12.6. The standard InChI is InChI=1S/C23H30N4O2/c28-22(24-15-19-7-4-12-29-19)20-13-23(20)8-10-27(11-9-23)16-18-14-25-26-21(18)17-5-2-1-3-6-17/h1-7,12,18,20-21,25-26H,8-11,13-16H2,(H,24,28). The van der Waals surface area contributed by atoms with E-state index in [1.54, 1.807) is 6.26 Å². The maximum absolute atomic E-state index is 12.6. The Balaban J connectivity index is 1.10. The van der Waals surface area contributed by atoms with Crippen LogP contribution in [0.25, 0.3) is 0 Å². The third kappa shape index (κ3) is 3.97. The van der Waals surface area contributed by atoms with Gasteiger partial charge in [0.05, 0.1) is 18.8 Å². The molecule has 0 radical (unpaired) electrons. The molecule has 1 spiro atoms. The second-order valence-corrected chi connectivity index (χ2v) is 8.89. The van der Waals surface area contributed by atoms with E-state index in [4.69, 9.17) is 4.42 Å². The number of hydrogen-bond donors (Lipinski definition) is 3. The summed E-state index contributed by atoms with van der Waals surface area (Å²) in [6.45, 7) is 4.79. The number of furan rings is 1. The minimum atomic E-state index is 0.187. The van der Waals surface area contributed by atoms with E-state index in [2.05, 4.69) is 51.4 Å². The lowest BCUT2D eigenvalue weighted by molar-refractivity contribution is -0.123. The number of carbonyl (C=O) groups excluding carboxylic acids is 1. The first-order valence-electron chi connectivity index (χ1n) is 10.8. The van der Waals surface area contributed by atoms with Crippen molar-refractivity contribution < 1.29 is 9.21 Å². The number of hydrazine groups is 1. The monoisotopic (exact) mass is 394 g/mol. The van der Waals surface area contributed by atoms with Crippen LogP contribution in [0.1, 0.15) is 36.6 Å². The van der Waals surface area contributed by atoms with Gasteiger partial charge >= 0.3 is 0 Å². The van der Waals surface area contributed by atoms with Crippen LogP contribution in [-0.2, 0) is 11.3 Å². The third-order valence-corrected chi connectivity index (χ3v) is 7.12.